The second-order valence-corrected chi connectivity index (χ2v) is 6.50. The minimum absolute atomic E-state index is 0.265. The van der Waals surface area contributed by atoms with E-state index >= 15 is 0 Å². The normalized spacial score (nSPS) is 14.4. The summed E-state index contributed by atoms with van der Waals surface area (Å²) in [6.07, 6.45) is 4.62. The van der Waals surface area contributed by atoms with Crippen molar-refractivity contribution in [2.75, 3.05) is 38.6 Å². The van der Waals surface area contributed by atoms with Crippen molar-refractivity contribution in [3.05, 3.63) is 59.0 Å². The Bertz CT molecular complexity index is 743. The van der Waals surface area contributed by atoms with Gasteiger partial charge in [-0.25, -0.2) is 14.2 Å². The first kappa shape index (κ1) is 18.3. The Morgan fingerprint density at radius 1 is 1.27 bits per heavy atom. The molecule has 2 aromatic rings. The van der Waals surface area contributed by atoms with Crippen LogP contribution in [0.3, 0.4) is 0 Å². The number of ether oxygens (including phenoxy) is 1. The summed E-state index contributed by atoms with van der Waals surface area (Å²) in [5, 5.41) is 3.38. The maximum Gasteiger partial charge on any atom is 0.339 e. The van der Waals surface area contributed by atoms with Gasteiger partial charge in [-0.05, 0) is 55.3 Å². The molecule has 2 heterocycles. The molecule has 0 bridgehead atoms. The summed E-state index contributed by atoms with van der Waals surface area (Å²) in [5.41, 5.74) is 2.26. The molecule has 0 atom stereocenters. The van der Waals surface area contributed by atoms with Gasteiger partial charge in [-0.2, -0.15) is 0 Å². The molecule has 1 saturated heterocycles. The van der Waals surface area contributed by atoms with Crippen molar-refractivity contribution >= 4 is 11.8 Å². The second-order valence-electron chi connectivity index (χ2n) is 6.50. The number of aromatic nitrogens is 1. The molecule has 1 aromatic carbocycles. The SMILES string of the molecule is COC(=O)c1cnc(NCCN2CCCC2)c(Cc2ccc(F)cc2)c1. The number of esters is 1. The van der Waals surface area contributed by atoms with Gasteiger partial charge in [0.25, 0.3) is 0 Å². The lowest BCUT2D eigenvalue weighted by Crippen LogP contribution is -2.26. The third-order valence-corrected chi connectivity index (χ3v) is 4.61. The summed E-state index contributed by atoms with van der Waals surface area (Å²) in [6.45, 7) is 4.06. The summed E-state index contributed by atoms with van der Waals surface area (Å²) < 4.78 is 17.9. The van der Waals surface area contributed by atoms with Gasteiger partial charge in [-0.15, -0.1) is 0 Å². The number of hydrogen-bond donors (Lipinski definition) is 1. The van der Waals surface area contributed by atoms with E-state index in [9.17, 15) is 9.18 Å². The average Bonchev–Trinajstić information content (AvgIpc) is 3.17. The minimum atomic E-state index is -0.415. The minimum Gasteiger partial charge on any atom is -0.465 e. The number of anilines is 1. The number of pyridine rings is 1. The molecule has 5 nitrogen and oxygen atoms in total. The van der Waals surface area contributed by atoms with Gasteiger partial charge in [0.05, 0.1) is 12.7 Å². The summed E-state index contributed by atoms with van der Waals surface area (Å²) in [4.78, 5) is 18.7. The Morgan fingerprint density at radius 2 is 2.00 bits per heavy atom. The zero-order chi connectivity index (χ0) is 18.4. The predicted molar refractivity (Wildman–Crippen MR) is 98.9 cm³/mol. The molecule has 1 aliphatic rings. The summed E-state index contributed by atoms with van der Waals surface area (Å²) in [7, 11) is 1.35. The van der Waals surface area contributed by atoms with Crippen LogP contribution in [0.2, 0.25) is 0 Å². The highest BCUT2D eigenvalue weighted by Crippen LogP contribution is 2.20. The lowest BCUT2D eigenvalue weighted by molar-refractivity contribution is 0.0600. The number of benzene rings is 1. The molecule has 0 saturated carbocycles. The Labute approximate surface area is 153 Å². The lowest BCUT2D eigenvalue weighted by Gasteiger charge is -2.17. The van der Waals surface area contributed by atoms with E-state index in [0.29, 0.717) is 12.0 Å². The summed E-state index contributed by atoms with van der Waals surface area (Å²) in [6, 6.07) is 8.16. The maximum absolute atomic E-state index is 13.1. The van der Waals surface area contributed by atoms with Gasteiger partial charge in [-0.1, -0.05) is 12.1 Å². The number of rotatable bonds is 7. The molecule has 0 spiro atoms. The number of carbonyl (C=O) groups excluding carboxylic acids is 1. The van der Waals surface area contributed by atoms with Gasteiger partial charge in [-0.3, -0.25) is 0 Å². The van der Waals surface area contributed by atoms with Crippen LogP contribution in [0.25, 0.3) is 0 Å². The Hall–Kier alpha value is -2.47. The van der Waals surface area contributed by atoms with E-state index in [-0.39, 0.29) is 5.82 Å². The van der Waals surface area contributed by atoms with Crippen LogP contribution < -0.4 is 5.32 Å². The monoisotopic (exact) mass is 357 g/mol. The summed E-state index contributed by atoms with van der Waals surface area (Å²) >= 11 is 0. The molecule has 0 amide bonds. The topological polar surface area (TPSA) is 54.5 Å². The van der Waals surface area contributed by atoms with E-state index in [2.05, 4.69) is 15.2 Å². The van der Waals surface area contributed by atoms with Gasteiger partial charge >= 0.3 is 5.97 Å². The van der Waals surface area contributed by atoms with E-state index in [1.165, 1.54) is 38.3 Å². The molecular weight excluding hydrogens is 333 g/mol. The van der Waals surface area contributed by atoms with Crippen LogP contribution in [0.1, 0.15) is 34.3 Å². The van der Waals surface area contributed by atoms with E-state index in [4.69, 9.17) is 4.74 Å². The number of carbonyl (C=O) groups is 1. The van der Waals surface area contributed by atoms with Crippen molar-refractivity contribution in [1.82, 2.24) is 9.88 Å². The highest BCUT2D eigenvalue weighted by Gasteiger charge is 2.14. The predicted octanol–water partition coefficient (Wildman–Crippen LogP) is 3.11. The van der Waals surface area contributed by atoms with E-state index < -0.39 is 5.97 Å². The third kappa shape index (κ3) is 4.79. The van der Waals surface area contributed by atoms with Gasteiger partial charge in [0, 0.05) is 25.7 Å². The number of halogens is 1. The van der Waals surface area contributed by atoms with Crippen LogP contribution in [-0.2, 0) is 11.2 Å². The van der Waals surface area contributed by atoms with Crippen LogP contribution in [0.15, 0.2) is 36.5 Å². The molecule has 1 aromatic heterocycles. The number of nitrogens with one attached hydrogen (secondary N) is 1. The molecule has 0 radical (unpaired) electrons. The molecule has 6 heteroatoms. The van der Waals surface area contributed by atoms with Gasteiger partial charge in [0.15, 0.2) is 0 Å². The fourth-order valence-electron chi connectivity index (χ4n) is 3.19. The second kappa shape index (κ2) is 8.76. The Morgan fingerprint density at radius 3 is 2.69 bits per heavy atom. The zero-order valence-electron chi connectivity index (χ0n) is 15.0. The van der Waals surface area contributed by atoms with Crippen LogP contribution in [0, 0.1) is 5.82 Å². The number of methoxy groups -OCH3 is 1. The molecule has 1 N–H and O–H groups in total. The fraction of sp³-hybridized carbons (Fsp3) is 0.400. The van der Waals surface area contributed by atoms with Gasteiger partial charge < -0.3 is 15.0 Å². The first-order chi connectivity index (χ1) is 12.7. The number of hydrogen-bond acceptors (Lipinski definition) is 5. The largest absolute Gasteiger partial charge is 0.465 e. The van der Waals surface area contributed by atoms with Crippen molar-refractivity contribution in [2.45, 2.75) is 19.3 Å². The number of likely N-dealkylation sites (tertiary alicyclic amines) is 1. The van der Waals surface area contributed by atoms with Gasteiger partial charge in [0.2, 0.25) is 0 Å². The van der Waals surface area contributed by atoms with E-state index in [1.807, 2.05) is 0 Å². The van der Waals surface area contributed by atoms with Crippen molar-refractivity contribution in [1.29, 1.82) is 0 Å². The van der Waals surface area contributed by atoms with E-state index in [1.54, 1.807) is 18.2 Å². The highest BCUT2D eigenvalue weighted by molar-refractivity contribution is 5.89. The number of nitrogens with zero attached hydrogens (tertiary/aromatic N) is 2. The molecule has 1 fully saturated rings. The quantitative estimate of drug-likeness (QED) is 0.772. The molecule has 1 aliphatic heterocycles. The maximum atomic E-state index is 13.1. The van der Waals surface area contributed by atoms with Crippen LogP contribution in [0.5, 0.6) is 0 Å². The third-order valence-electron chi connectivity index (χ3n) is 4.61. The fourth-order valence-corrected chi connectivity index (χ4v) is 3.19. The van der Waals surface area contributed by atoms with Crippen molar-refractivity contribution in [3.63, 3.8) is 0 Å². The lowest BCUT2D eigenvalue weighted by atomic mass is 10.0. The molecule has 26 heavy (non-hydrogen) atoms. The molecular formula is C20H24FN3O2. The Kier molecular flexibility index (Phi) is 6.17. The van der Waals surface area contributed by atoms with Crippen LogP contribution in [-0.4, -0.2) is 49.1 Å². The molecule has 3 rings (SSSR count). The smallest absolute Gasteiger partial charge is 0.339 e. The van der Waals surface area contributed by atoms with Gasteiger partial charge in [0.1, 0.15) is 11.6 Å². The van der Waals surface area contributed by atoms with Crippen LogP contribution in [0.4, 0.5) is 10.2 Å². The zero-order valence-corrected chi connectivity index (χ0v) is 15.0. The Balaban J connectivity index is 1.74. The first-order valence-electron chi connectivity index (χ1n) is 8.93. The standard InChI is InChI=1S/C20H24FN3O2/c1-26-20(25)17-13-16(12-15-4-6-18(21)7-5-15)19(23-14-17)22-8-11-24-9-2-3-10-24/h4-7,13-14H,2-3,8-12H2,1H3,(H,22,23). The summed E-state index contributed by atoms with van der Waals surface area (Å²) in [5.74, 6) is 0.0711. The average molecular weight is 357 g/mol. The van der Waals surface area contributed by atoms with Crippen LogP contribution >= 0.6 is 0 Å². The van der Waals surface area contributed by atoms with Crippen molar-refractivity contribution in [3.8, 4) is 0 Å². The molecule has 0 unspecified atom stereocenters. The molecule has 138 valence electrons. The van der Waals surface area contributed by atoms with Crippen molar-refractivity contribution in [2.24, 2.45) is 0 Å². The van der Waals surface area contributed by atoms with Crippen molar-refractivity contribution < 1.29 is 13.9 Å². The molecule has 0 aliphatic carbocycles. The highest BCUT2D eigenvalue weighted by atomic mass is 19.1. The van der Waals surface area contributed by atoms with E-state index in [0.717, 1.165) is 43.1 Å². The first-order valence-corrected chi connectivity index (χ1v) is 8.93.